The van der Waals surface area contributed by atoms with Crippen LogP contribution in [0.4, 0.5) is 4.39 Å². The van der Waals surface area contributed by atoms with Crippen molar-refractivity contribution in [2.75, 3.05) is 19.7 Å². The van der Waals surface area contributed by atoms with E-state index < -0.39 is 11.8 Å². The summed E-state index contributed by atoms with van der Waals surface area (Å²) in [7, 11) is 0. The molecule has 0 unspecified atom stereocenters. The van der Waals surface area contributed by atoms with Gasteiger partial charge in [-0.1, -0.05) is 23.7 Å². The molecule has 1 aliphatic heterocycles. The first kappa shape index (κ1) is 15.2. The van der Waals surface area contributed by atoms with Crippen LogP contribution in [0.25, 0.3) is 0 Å². The van der Waals surface area contributed by atoms with E-state index in [2.05, 4.69) is 4.90 Å². The summed E-state index contributed by atoms with van der Waals surface area (Å²) in [5.41, 5.74) is 0.775. The summed E-state index contributed by atoms with van der Waals surface area (Å²) in [5, 5.41) is 8.74. The van der Waals surface area contributed by atoms with Crippen LogP contribution in [0.3, 0.4) is 0 Å². The number of aliphatic carboxylic acids is 1. The normalized spacial score (nSPS) is 17.3. The van der Waals surface area contributed by atoms with E-state index in [-0.39, 0.29) is 17.7 Å². The highest BCUT2D eigenvalue weighted by Crippen LogP contribution is 2.23. The Kier molecular flexibility index (Phi) is 5.34. The van der Waals surface area contributed by atoms with Crippen LogP contribution in [0.15, 0.2) is 18.2 Å². The van der Waals surface area contributed by atoms with Crippen LogP contribution in [-0.4, -0.2) is 41.8 Å². The Morgan fingerprint density at radius 3 is 2.80 bits per heavy atom. The molecule has 1 aromatic rings. The van der Waals surface area contributed by atoms with E-state index in [9.17, 15) is 9.18 Å². The minimum atomic E-state index is -0.945. The number of ether oxygens (including phenoxy) is 1. The van der Waals surface area contributed by atoms with Crippen molar-refractivity contribution in [3.05, 3.63) is 34.6 Å². The zero-order chi connectivity index (χ0) is 14.5. The molecule has 1 aliphatic rings. The highest BCUT2D eigenvalue weighted by molar-refractivity contribution is 6.31. The molecule has 1 saturated heterocycles. The van der Waals surface area contributed by atoms with Crippen molar-refractivity contribution in [1.29, 1.82) is 0 Å². The lowest BCUT2D eigenvalue weighted by atomic mass is 10.1. The molecule has 4 nitrogen and oxygen atoms in total. The van der Waals surface area contributed by atoms with Gasteiger partial charge in [-0.25, -0.2) is 9.18 Å². The van der Waals surface area contributed by atoms with E-state index in [0.717, 1.165) is 31.5 Å². The molecule has 0 atom stereocenters. The van der Waals surface area contributed by atoms with Gasteiger partial charge < -0.3 is 9.84 Å². The highest BCUT2D eigenvalue weighted by Gasteiger charge is 2.21. The Morgan fingerprint density at radius 2 is 2.15 bits per heavy atom. The zero-order valence-corrected chi connectivity index (χ0v) is 11.8. The molecule has 0 radical (unpaired) electrons. The summed E-state index contributed by atoms with van der Waals surface area (Å²) >= 11 is 5.93. The van der Waals surface area contributed by atoms with Gasteiger partial charge in [-0.2, -0.15) is 0 Å². The number of carboxylic acids is 1. The van der Waals surface area contributed by atoms with Crippen molar-refractivity contribution in [3.8, 4) is 0 Å². The number of hydrogen-bond donors (Lipinski definition) is 1. The number of nitrogens with zero attached hydrogens (tertiary/aromatic N) is 1. The molecule has 0 saturated carbocycles. The van der Waals surface area contributed by atoms with E-state index in [4.69, 9.17) is 21.4 Å². The molecule has 0 spiro atoms. The fourth-order valence-corrected chi connectivity index (χ4v) is 2.52. The smallest absolute Gasteiger partial charge is 0.329 e. The molecular formula is C14H17ClFNO3. The molecular weight excluding hydrogens is 285 g/mol. The summed E-state index contributed by atoms with van der Waals surface area (Å²) in [6, 6.07) is 4.81. The van der Waals surface area contributed by atoms with E-state index in [0.29, 0.717) is 6.54 Å². The molecule has 0 aromatic heterocycles. The first-order chi connectivity index (χ1) is 9.56. The molecule has 0 aliphatic carbocycles. The van der Waals surface area contributed by atoms with E-state index in [1.165, 1.54) is 6.07 Å². The molecule has 20 heavy (non-hydrogen) atoms. The van der Waals surface area contributed by atoms with Crippen molar-refractivity contribution in [1.82, 2.24) is 4.90 Å². The maximum Gasteiger partial charge on any atom is 0.329 e. The van der Waals surface area contributed by atoms with Gasteiger partial charge in [0.2, 0.25) is 0 Å². The fraction of sp³-hybridized carbons (Fsp3) is 0.500. The topological polar surface area (TPSA) is 49.8 Å². The molecule has 1 heterocycles. The summed E-state index contributed by atoms with van der Waals surface area (Å²) in [6.45, 7) is 1.93. The Hall–Kier alpha value is -1.17. The van der Waals surface area contributed by atoms with Crippen molar-refractivity contribution in [2.45, 2.75) is 25.5 Å². The lowest BCUT2D eigenvalue weighted by Gasteiger charge is -2.31. The lowest BCUT2D eigenvalue weighted by Crippen LogP contribution is -2.37. The van der Waals surface area contributed by atoms with E-state index in [1.54, 1.807) is 6.07 Å². The van der Waals surface area contributed by atoms with Crippen LogP contribution in [0, 0.1) is 5.82 Å². The number of benzene rings is 1. The van der Waals surface area contributed by atoms with Crippen LogP contribution in [0.5, 0.6) is 0 Å². The quantitative estimate of drug-likeness (QED) is 0.908. The van der Waals surface area contributed by atoms with Crippen LogP contribution < -0.4 is 0 Å². The first-order valence-corrected chi connectivity index (χ1v) is 6.92. The largest absolute Gasteiger partial charge is 0.480 e. The summed E-state index contributed by atoms with van der Waals surface area (Å²) in [5.74, 6) is -1.34. The third kappa shape index (κ3) is 4.16. The predicted molar refractivity (Wildman–Crippen MR) is 73.3 cm³/mol. The molecule has 2 rings (SSSR count). The predicted octanol–water partition coefficient (Wildman–Crippen LogP) is 2.54. The highest BCUT2D eigenvalue weighted by atomic mass is 35.5. The number of hydrogen-bond acceptors (Lipinski definition) is 3. The molecule has 110 valence electrons. The van der Waals surface area contributed by atoms with E-state index in [1.807, 2.05) is 6.07 Å². The Morgan fingerprint density at radius 1 is 1.45 bits per heavy atom. The molecule has 0 bridgehead atoms. The number of rotatable bonds is 5. The molecule has 1 N–H and O–H groups in total. The molecule has 1 fully saturated rings. The monoisotopic (exact) mass is 301 g/mol. The minimum absolute atomic E-state index is 0.00895. The zero-order valence-electron chi connectivity index (χ0n) is 11.0. The van der Waals surface area contributed by atoms with Crippen molar-refractivity contribution >= 4 is 17.6 Å². The number of carboxylic acid groups (broad SMARTS) is 1. The third-order valence-electron chi connectivity index (χ3n) is 3.40. The first-order valence-electron chi connectivity index (χ1n) is 6.55. The number of piperidine rings is 1. The van der Waals surface area contributed by atoms with Crippen molar-refractivity contribution < 1.29 is 19.0 Å². The van der Waals surface area contributed by atoms with Crippen LogP contribution in [0.2, 0.25) is 5.02 Å². The molecule has 0 amide bonds. The van der Waals surface area contributed by atoms with E-state index >= 15 is 0 Å². The Bertz CT molecular complexity index is 475. The maximum atomic E-state index is 13.3. The van der Waals surface area contributed by atoms with Crippen LogP contribution in [-0.2, 0) is 16.1 Å². The summed E-state index contributed by atoms with van der Waals surface area (Å²) in [4.78, 5) is 12.6. The molecule has 1 aromatic carbocycles. The third-order valence-corrected chi connectivity index (χ3v) is 3.83. The average Bonchev–Trinajstić information content (AvgIpc) is 2.43. The Labute approximate surface area is 122 Å². The van der Waals surface area contributed by atoms with Gasteiger partial charge in [0.1, 0.15) is 12.4 Å². The van der Waals surface area contributed by atoms with Gasteiger partial charge in [-0.15, -0.1) is 0 Å². The van der Waals surface area contributed by atoms with Crippen LogP contribution >= 0.6 is 11.6 Å². The number of halogens is 2. The average molecular weight is 302 g/mol. The summed E-state index contributed by atoms with van der Waals surface area (Å²) < 4.78 is 18.6. The van der Waals surface area contributed by atoms with Gasteiger partial charge >= 0.3 is 5.97 Å². The fourth-order valence-electron chi connectivity index (χ4n) is 2.33. The standard InChI is InChI=1S/C14H17ClFNO3/c15-14-10(2-1-3-12(14)16)8-17-6-4-11(5-7-17)20-9-13(18)19/h1-3,11H,4-9H2,(H,18,19). The van der Waals surface area contributed by atoms with Crippen LogP contribution in [0.1, 0.15) is 18.4 Å². The minimum Gasteiger partial charge on any atom is -0.480 e. The van der Waals surface area contributed by atoms with Crippen molar-refractivity contribution in [3.63, 3.8) is 0 Å². The van der Waals surface area contributed by atoms with Gasteiger partial charge in [0.05, 0.1) is 11.1 Å². The van der Waals surface area contributed by atoms with Gasteiger partial charge in [-0.3, -0.25) is 4.90 Å². The van der Waals surface area contributed by atoms with Gasteiger partial charge in [-0.05, 0) is 24.5 Å². The Balaban J connectivity index is 1.82. The second-order valence-electron chi connectivity index (χ2n) is 4.89. The van der Waals surface area contributed by atoms with Gasteiger partial charge in [0.15, 0.2) is 0 Å². The number of carbonyl (C=O) groups is 1. The van der Waals surface area contributed by atoms with Gasteiger partial charge in [0.25, 0.3) is 0 Å². The summed E-state index contributed by atoms with van der Waals surface area (Å²) in [6.07, 6.45) is 1.55. The van der Waals surface area contributed by atoms with Crippen molar-refractivity contribution in [2.24, 2.45) is 0 Å². The maximum absolute atomic E-state index is 13.3. The second-order valence-corrected chi connectivity index (χ2v) is 5.27. The SMILES string of the molecule is O=C(O)COC1CCN(Cc2cccc(F)c2Cl)CC1. The number of likely N-dealkylation sites (tertiary alicyclic amines) is 1. The lowest BCUT2D eigenvalue weighted by molar-refractivity contribution is -0.145. The van der Waals surface area contributed by atoms with Gasteiger partial charge in [0, 0.05) is 19.6 Å². The second kappa shape index (κ2) is 7.02. The molecule has 6 heteroatoms.